The summed E-state index contributed by atoms with van der Waals surface area (Å²) in [6, 6.07) is 15.4. The maximum Gasteiger partial charge on any atom is 0.291 e. The molecule has 7 nitrogen and oxygen atoms in total. The third-order valence-corrected chi connectivity index (χ3v) is 6.76. The van der Waals surface area contributed by atoms with Crippen LogP contribution in [0.15, 0.2) is 52.9 Å². The zero-order valence-corrected chi connectivity index (χ0v) is 18.9. The van der Waals surface area contributed by atoms with E-state index in [1.807, 2.05) is 48.5 Å². The second kappa shape index (κ2) is 9.17. The molecule has 1 saturated carbocycles. The number of hydrogen-bond acceptors (Lipinski definition) is 5. The first-order valence-corrected chi connectivity index (χ1v) is 11.7. The summed E-state index contributed by atoms with van der Waals surface area (Å²) in [5.74, 6) is 0.840. The van der Waals surface area contributed by atoms with Crippen LogP contribution in [0.25, 0.3) is 11.0 Å². The van der Waals surface area contributed by atoms with E-state index in [2.05, 4.69) is 10.2 Å². The molecule has 2 heterocycles. The molecule has 7 heteroatoms. The summed E-state index contributed by atoms with van der Waals surface area (Å²) in [7, 11) is 1.67. The molecule has 0 atom stereocenters. The molecule has 5 rings (SSSR count). The molecule has 1 N–H and O–H groups in total. The number of para-hydroxylation sites is 3. The van der Waals surface area contributed by atoms with Gasteiger partial charge >= 0.3 is 0 Å². The van der Waals surface area contributed by atoms with E-state index in [1.54, 1.807) is 12.0 Å². The maximum absolute atomic E-state index is 13.5. The van der Waals surface area contributed by atoms with Gasteiger partial charge in [-0.2, -0.15) is 0 Å². The Morgan fingerprint density at radius 2 is 1.67 bits per heavy atom. The number of furan rings is 1. The quantitative estimate of drug-likeness (QED) is 0.622. The minimum atomic E-state index is -0.187. The molecule has 1 aliphatic heterocycles. The molecule has 0 spiro atoms. The zero-order chi connectivity index (χ0) is 22.8. The number of nitrogens with zero attached hydrogens (tertiary/aromatic N) is 2. The Labute approximate surface area is 193 Å². The summed E-state index contributed by atoms with van der Waals surface area (Å²) in [6.07, 6.45) is 3.95. The molecule has 2 aromatic carbocycles. The summed E-state index contributed by atoms with van der Waals surface area (Å²) in [5.41, 5.74) is 2.13. The van der Waals surface area contributed by atoms with Crippen LogP contribution in [-0.4, -0.2) is 50.0 Å². The van der Waals surface area contributed by atoms with Crippen molar-refractivity contribution in [1.29, 1.82) is 0 Å². The predicted octanol–water partition coefficient (Wildman–Crippen LogP) is 4.53. The lowest BCUT2D eigenvalue weighted by Crippen LogP contribution is -2.49. The van der Waals surface area contributed by atoms with Crippen molar-refractivity contribution in [2.75, 3.05) is 43.5 Å². The largest absolute Gasteiger partial charge is 0.495 e. The fraction of sp³-hybridized carbons (Fsp3) is 0.385. The zero-order valence-electron chi connectivity index (χ0n) is 18.9. The molecular weight excluding hydrogens is 418 g/mol. The molecule has 3 aromatic rings. The van der Waals surface area contributed by atoms with Crippen LogP contribution in [0, 0.1) is 5.92 Å². The van der Waals surface area contributed by atoms with E-state index in [4.69, 9.17) is 9.15 Å². The maximum atomic E-state index is 13.5. The molecule has 1 saturated heterocycles. The minimum Gasteiger partial charge on any atom is -0.495 e. The van der Waals surface area contributed by atoms with Crippen LogP contribution < -0.4 is 15.0 Å². The number of carbonyl (C=O) groups excluding carboxylic acids is 2. The Hall–Kier alpha value is -3.48. The topological polar surface area (TPSA) is 75.0 Å². The normalized spacial score (nSPS) is 16.9. The number of nitrogens with one attached hydrogen (secondary N) is 1. The summed E-state index contributed by atoms with van der Waals surface area (Å²) < 4.78 is 11.5. The molecule has 2 fully saturated rings. The molecule has 0 bridgehead atoms. The highest BCUT2D eigenvalue weighted by molar-refractivity contribution is 6.11. The molecule has 2 amide bonds. The number of fused-ring (bicyclic) bond motifs is 1. The SMILES string of the molecule is COc1ccccc1N1CCN(C(=O)c2oc3ccccc3c2NC(=O)C2CCCC2)CC1. The van der Waals surface area contributed by atoms with Crippen molar-refractivity contribution in [3.05, 3.63) is 54.3 Å². The number of hydrogen-bond donors (Lipinski definition) is 1. The number of anilines is 2. The number of benzene rings is 2. The third kappa shape index (κ3) is 4.15. The van der Waals surface area contributed by atoms with Gasteiger partial charge in [0, 0.05) is 37.5 Å². The highest BCUT2D eigenvalue weighted by Crippen LogP contribution is 2.34. The monoisotopic (exact) mass is 447 g/mol. The highest BCUT2D eigenvalue weighted by atomic mass is 16.5. The van der Waals surface area contributed by atoms with E-state index >= 15 is 0 Å². The van der Waals surface area contributed by atoms with Crippen molar-refractivity contribution in [3.8, 4) is 5.75 Å². The van der Waals surface area contributed by atoms with Gasteiger partial charge in [-0.05, 0) is 37.1 Å². The summed E-state index contributed by atoms with van der Waals surface area (Å²) in [6.45, 7) is 2.50. The Kier molecular flexibility index (Phi) is 5.94. The van der Waals surface area contributed by atoms with Gasteiger partial charge in [0.05, 0.1) is 12.8 Å². The van der Waals surface area contributed by atoms with Crippen molar-refractivity contribution in [2.45, 2.75) is 25.7 Å². The fourth-order valence-electron chi connectivity index (χ4n) is 4.92. The van der Waals surface area contributed by atoms with E-state index in [9.17, 15) is 9.59 Å². The fourth-order valence-corrected chi connectivity index (χ4v) is 4.92. The molecule has 1 aliphatic carbocycles. The van der Waals surface area contributed by atoms with E-state index < -0.39 is 0 Å². The smallest absolute Gasteiger partial charge is 0.291 e. The first kappa shape index (κ1) is 21.4. The molecule has 172 valence electrons. The average Bonchev–Trinajstić information content (AvgIpc) is 3.53. The molecule has 1 aromatic heterocycles. The van der Waals surface area contributed by atoms with Crippen LogP contribution in [0.2, 0.25) is 0 Å². The summed E-state index contributed by atoms with van der Waals surface area (Å²) in [5, 5.41) is 3.80. The third-order valence-electron chi connectivity index (χ3n) is 6.76. The Bertz CT molecular complexity index is 1160. The van der Waals surface area contributed by atoms with Crippen LogP contribution in [0.4, 0.5) is 11.4 Å². The predicted molar refractivity (Wildman–Crippen MR) is 128 cm³/mol. The van der Waals surface area contributed by atoms with E-state index in [0.29, 0.717) is 37.4 Å². The molecular formula is C26H29N3O4. The standard InChI is InChI=1S/C26H29N3O4/c1-32-22-13-7-5-11-20(22)28-14-16-29(17-15-28)26(31)24-23(19-10-4-6-12-21(19)33-24)27-25(30)18-8-2-3-9-18/h4-7,10-13,18H,2-3,8-9,14-17H2,1H3,(H,27,30). The number of ether oxygens (including phenoxy) is 1. The van der Waals surface area contributed by atoms with Crippen molar-refractivity contribution < 1.29 is 18.7 Å². The second-order valence-electron chi connectivity index (χ2n) is 8.72. The summed E-state index contributed by atoms with van der Waals surface area (Å²) >= 11 is 0. The number of amides is 2. The van der Waals surface area contributed by atoms with Crippen LogP contribution in [0.3, 0.4) is 0 Å². The van der Waals surface area contributed by atoms with Gasteiger partial charge in [0.15, 0.2) is 0 Å². The highest BCUT2D eigenvalue weighted by Gasteiger charge is 2.31. The average molecular weight is 448 g/mol. The lowest BCUT2D eigenvalue weighted by molar-refractivity contribution is -0.119. The molecule has 0 unspecified atom stereocenters. The van der Waals surface area contributed by atoms with Crippen molar-refractivity contribution >= 4 is 34.2 Å². The van der Waals surface area contributed by atoms with Crippen molar-refractivity contribution in [1.82, 2.24) is 4.90 Å². The number of piperazine rings is 1. The van der Waals surface area contributed by atoms with E-state index in [-0.39, 0.29) is 23.5 Å². The number of rotatable bonds is 5. The molecule has 33 heavy (non-hydrogen) atoms. The van der Waals surface area contributed by atoms with Crippen LogP contribution in [-0.2, 0) is 4.79 Å². The Morgan fingerprint density at radius 1 is 0.970 bits per heavy atom. The Balaban J connectivity index is 1.36. The lowest BCUT2D eigenvalue weighted by Gasteiger charge is -2.36. The van der Waals surface area contributed by atoms with Crippen LogP contribution in [0.1, 0.15) is 36.2 Å². The van der Waals surface area contributed by atoms with Gasteiger partial charge in [0.1, 0.15) is 17.0 Å². The lowest BCUT2D eigenvalue weighted by atomic mass is 10.1. The van der Waals surface area contributed by atoms with Gasteiger partial charge < -0.3 is 24.3 Å². The van der Waals surface area contributed by atoms with Crippen LogP contribution in [0.5, 0.6) is 5.75 Å². The van der Waals surface area contributed by atoms with Gasteiger partial charge in [-0.15, -0.1) is 0 Å². The number of carbonyl (C=O) groups is 2. The second-order valence-corrected chi connectivity index (χ2v) is 8.72. The van der Waals surface area contributed by atoms with Crippen LogP contribution >= 0.6 is 0 Å². The molecule has 0 radical (unpaired) electrons. The first-order valence-electron chi connectivity index (χ1n) is 11.7. The van der Waals surface area contributed by atoms with Crippen molar-refractivity contribution in [3.63, 3.8) is 0 Å². The van der Waals surface area contributed by atoms with E-state index in [1.165, 1.54) is 0 Å². The Morgan fingerprint density at radius 3 is 2.42 bits per heavy atom. The van der Waals surface area contributed by atoms with Gasteiger partial charge in [-0.25, -0.2) is 0 Å². The first-order chi connectivity index (χ1) is 16.2. The van der Waals surface area contributed by atoms with Gasteiger partial charge in [-0.3, -0.25) is 9.59 Å². The van der Waals surface area contributed by atoms with Crippen molar-refractivity contribution in [2.24, 2.45) is 5.92 Å². The van der Waals surface area contributed by atoms with Gasteiger partial charge in [0.25, 0.3) is 5.91 Å². The van der Waals surface area contributed by atoms with Gasteiger partial charge in [0.2, 0.25) is 11.7 Å². The minimum absolute atomic E-state index is 0.00557. The van der Waals surface area contributed by atoms with E-state index in [0.717, 1.165) is 42.5 Å². The van der Waals surface area contributed by atoms with Gasteiger partial charge in [-0.1, -0.05) is 37.1 Å². The number of methoxy groups -OCH3 is 1. The molecule has 2 aliphatic rings. The summed E-state index contributed by atoms with van der Waals surface area (Å²) in [4.78, 5) is 30.4.